The monoisotopic (exact) mass is 294 g/mol. The highest BCUT2D eigenvalue weighted by Crippen LogP contribution is 2.27. The number of nitrogens with two attached hydrogens (primary N) is 1. The topological polar surface area (TPSA) is 38.5 Å². The van der Waals surface area contributed by atoms with Gasteiger partial charge in [0.2, 0.25) is 0 Å². The maximum Gasteiger partial charge on any atom is 0.128 e. The fourth-order valence-corrected chi connectivity index (χ4v) is 3.06. The normalized spacial score (nSPS) is 21.4. The van der Waals surface area contributed by atoms with Gasteiger partial charge in [0.25, 0.3) is 0 Å². The van der Waals surface area contributed by atoms with Crippen molar-refractivity contribution in [1.29, 1.82) is 0 Å². The van der Waals surface area contributed by atoms with Gasteiger partial charge in [0.15, 0.2) is 0 Å². The lowest BCUT2D eigenvalue weighted by Gasteiger charge is -2.38. The van der Waals surface area contributed by atoms with E-state index in [0.29, 0.717) is 12.1 Å². The van der Waals surface area contributed by atoms with Crippen molar-refractivity contribution in [2.24, 2.45) is 5.73 Å². The third-order valence-electron chi connectivity index (χ3n) is 4.14. The van der Waals surface area contributed by atoms with Crippen LogP contribution in [0.3, 0.4) is 0 Å². The van der Waals surface area contributed by atoms with Crippen LogP contribution in [-0.4, -0.2) is 37.2 Å². The summed E-state index contributed by atoms with van der Waals surface area (Å²) in [4.78, 5) is 2.28. The molecule has 0 spiro atoms. The van der Waals surface area contributed by atoms with Crippen molar-refractivity contribution in [3.05, 3.63) is 35.1 Å². The van der Waals surface area contributed by atoms with Crippen molar-refractivity contribution in [3.63, 3.8) is 0 Å². The molecular formula is C17H27FN2O. The first-order chi connectivity index (χ1) is 10.2. The zero-order chi connectivity index (χ0) is 15.2. The van der Waals surface area contributed by atoms with E-state index in [1.54, 1.807) is 12.1 Å². The maximum atomic E-state index is 14.1. The molecule has 1 aliphatic heterocycles. The quantitative estimate of drug-likeness (QED) is 0.876. The second kappa shape index (κ2) is 7.87. The Kier molecular flexibility index (Phi) is 6.15. The molecule has 1 fully saturated rings. The molecule has 0 amide bonds. The number of likely N-dealkylation sites (tertiary alicyclic amines) is 1. The molecule has 0 bridgehead atoms. The molecule has 118 valence electrons. The molecule has 1 aromatic rings. The van der Waals surface area contributed by atoms with Gasteiger partial charge in [-0.3, -0.25) is 4.90 Å². The summed E-state index contributed by atoms with van der Waals surface area (Å²) in [5, 5.41) is 0. The van der Waals surface area contributed by atoms with E-state index < -0.39 is 0 Å². The van der Waals surface area contributed by atoms with Crippen LogP contribution in [0.4, 0.5) is 4.39 Å². The third-order valence-corrected chi connectivity index (χ3v) is 4.14. The molecule has 1 aromatic carbocycles. The van der Waals surface area contributed by atoms with E-state index in [0.717, 1.165) is 44.5 Å². The van der Waals surface area contributed by atoms with Gasteiger partial charge in [-0.2, -0.15) is 0 Å². The SMILES string of the molecule is CCCOC1CCCN(C(CN)c2cc(C)ccc2F)C1. The zero-order valence-electron chi connectivity index (χ0n) is 13.1. The van der Waals surface area contributed by atoms with Crippen molar-refractivity contribution >= 4 is 0 Å². The van der Waals surface area contributed by atoms with Crippen molar-refractivity contribution in [3.8, 4) is 0 Å². The Hall–Kier alpha value is -0.970. The Labute approximate surface area is 127 Å². The number of benzene rings is 1. The van der Waals surface area contributed by atoms with Crippen molar-refractivity contribution in [2.45, 2.75) is 45.3 Å². The summed E-state index contributed by atoms with van der Waals surface area (Å²) >= 11 is 0. The fraction of sp³-hybridized carbons (Fsp3) is 0.647. The van der Waals surface area contributed by atoms with Crippen LogP contribution in [0.1, 0.15) is 43.4 Å². The van der Waals surface area contributed by atoms with Gasteiger partial charge in [-0.15, -0.1) is 0 Å². The minimum Gasteiger partial charge on any atom is -0.377 e. The van der Waals surface area contributed by atoms with Crippen LogP contribution in [-0.2, 0) is 4.74 Å². The molecule has 2 atom stereocenters. The number of hydrogen-bond acceptors (Lipinski definition) is 3. The average Bonchev–Trinajstić information content (AvgIpc) is 2.50. The number of halogens is 1. The fourth-order valence-electron chi connectivity index (χ4n) is 3.06. The summed E-state index contributed by atoms with van der Waals surface area (Å²) in [6.45, 7) is 7.13. The highest BCUT2D eigenvalue weighted by molar-refractivity contribution is 5.27. The van der Waals surface area contributed by atoms with Gasteiger partial charge in [-0.05, 0) is 38.8 Å². The first-order valence-corrected chi connectivity index (χ1v) is 7.97. The van der Waals surface area contributed by atoms with Gasteiger partial charge in [0.1, 0.15) is 5.82 Å². The van der Waals surface area contributed by atoms with Gasteiger partial charge >= 0.3 is 0 Å². The molecule has 0 aromatic heterocycles. The first kappa shape index (κ1) is 16.4. The minimum atomic E-state index is -0.160. The van der Waals surface area contributed by atoms with E-state index in [-0.39, 0.29) is 18.0 Å². The summed E-state index contributed by atoms with van der Waals surface area (Å²) in [5.41, 5.74) is 7.74. The molecule has 1 saturated heterocycles. The molecule has 4 heteroatoms. The van der Waals surface area contributed by atoms with E-state index in [1.165, 1.54) is 0 Å². The maximum absolute atomic E-state index is 14.1. The molecule has 1 heterocycles. The molecule has 2 unspecified atom stereocenters. The third kappa shape index (κ3) is 4.25. The van der Waals surface area contributed by atoms with Gasteiger partial charge in [0.05, 0.1) is 12.1 Å². The summed E-state index contributed by atoms with van der Waals surface area (Å²) in [5.74, 6) is -0.160. The highest BCUT2D eigenvalue weighted by Gasteiger charge is 2.28. The standard InChI is InChI=1S/C17H27FN2O/c1-3-9-21-14-5-4-8-20(12-14)17(11-19)15-10-13(2)6-7-16(15)18/h6-7,10,14,17H,3-5,8-9,11-12,19H2,1-2H3. The molecule has 0 radical (unpaired) electrons. The van der Waals surface area contributed by atoms with Crippen LogP contribution in [0.5, 0.6) is 0 Å². The van der Waals surface area contributed by atoms with E-state index in [1.807, 2.05) is 13.0 Å². The van der Waals surface area contributed by atoms with Gasteiger partial charge in [-0.1, -0.05) is 24.6 Å². The lowest BCUT2D eigenvalue weighted by molar-refractivity contribution is -0.0122. The number of rotatable bonds is 6. The van der Waals surface area contributed by atoms with E-state index in [4.69, 9.17) is 10.5 Å². The van der Waals surface area contributed by atoms with Crippen LogP contribution in [0.2, 0.25) is 0 Å². The molecule has 2 rings (SSSR count). The van der Waals surface area contributed by atoms with Gasteiger partial charge in [-0.25, -0.2) is 4.39 Å². The van der Waals surface area contributed by atoms with Crippen LogP contribution in [0.25, 0.3) is 0 Å². The zero-order valence-corrected chi connectivity index (χ0v) is 13.1. The molecule has 3 nitrogen and oxygen atoms in total. The second-order valence-electron chi connectivity index (χ2n) is 5.91. The number of piperidine rings is 1. The molecule has 2 N–H and O–H groups in total. The van der Waals surface area contributed by atoms with Crippen LogP contribution < -0.4 is 5.73 Å². The lowest BCUT2D eigenvalue weighted by Crippen LogP contribution is -2.44. The van der Waals surface area contributed by atoms with Crippen LogP contribution in [0.15, 0.2) is 18.2 Å². The predicted octanol–water partition coefficient (Wildman–Crippen LogP) is 3.02. The minimum absolute atomic E-state index is 0.0575. The Balaban J connectivity index is 2.11. The van der Waals surface area contributed by atoms with Crippen molar-refractivity contribution < 1.29 is 9.13 Å². The molecule has 21 heavy (non-hydrogen) atoms. The van der Waals surface area contributed by atoms with E-state index >= 15 is 0 Å². The largest absolute Gasteiger partial charge is 0.377 e. The second-order valence-corrected chi connectivity index (χ2v) is 5.91. The Morgan fingerprint density at radius 3 is 3.00 bits per heavy atom. The van der Waals surface area contributed by atoms with Crippen molar-refractivity contribution in [1.82, 2.24) is 4.90 Å². The number of nitrogens with zero attached hydrogens (tertiary/aromatic N) is 1. The first-order valence-electron chi connectivity index (χ1n) is 7.97. The summed E-state index contributed by atoms with van der Waals surface area (Å²) in [6, 6.07) is 5.21. The Morgan fingerprint density at radius 2 is 2.29 bits per heavy atom. The summed E-state index contributed by atoms with van der Waals surface area (Å²) in [6.07, 6.45) is 3.45. The molecule has 0 aliphatic carbocycles. The summed E-state index contributed by atoms with van der Waals surface area (Å²) in [7, 11) is 0. The molecule has 0 saturated carbocycles. The number of hydrogen-bond donors (Lipinski definition) is 1. The molecule has 1 aliphatic rings. The number of ether oxygens (including phenoxy) is 1. The summed E-state index contributed by atoms with van der Waals surface area (Å²) < 4.78 is 20.0. The highest BCUT2D eigenvalue weighted by atomic mass is 19.1. The lowest BCUT2D eigenvalue weighted by atomic mass is 9.98. The Bertz CT molecular complexity index is 452. The van der Waals surface area contributed by atoms with Crippen LogP contribution >= 0.6 is 0 Å². The number of aryl methyl sites for hydroxylation is 1. The van der Waals surface area contributed by atoms with Crippen LogP contribution in [0, 0.1) is 12.7 Å². The van der Waals surface area contributed by atoms with Gasteiger partial charge < -0.3 is 10.5 Å². The predicted molar refractivity (Wildman–Crippen MR) is 83.8 cm³/mol. The Morgan fingerprint density at radius 1 is 1.48 bits per heavy atom. The van der Waals surface area contributed by atoms with Crippen molar-refractivity contribution in [2.75, 3.05) is 26.2 Å². The van der Waals surface area contributed by atoms with Gasteiger partial charge in [0, 0.05) is 25.3 Å². The van der Waals surface area contributed by atoms with E-state index in [2.05, 4.69) is 11.8 Å². The van der Waals surface area contributed by atoms with E-state index in [9.17, 15) is 4.39 Å². The smallest absolute Gasteiger partial charge is 0.128 e. The average molecular weight is 294 g/mol. The molecular weight excluding hydrogens is 267 g/mol.